The first-order chi connectivity index (χ1) is 5.04. The number of esters is 1. The zero-order valence-corrected chi connectivity index (χ0v) is 6.67. The van der Waals surface area contributed by atoms with Gasteiger partial charge in [-0.3, -0.25) is 0 Å². The SMILES string of the molecule is CCOC(=O)CO.O=C(O)Cl. The predicted octanol–water partition coefficient (Wildman–Crippen LogP) is 0.445. The van der Waals surface area contributed by atoms with E-state index in [2.05, 4.69) is 16.3 Å². The van der Waals surface area contributed by atoms with Crippen molar-refractivity contribution in [3.8, 4) is 0 Å². The molecule has 0 unspecified atom stereocenters. The second-order valence-corrected chi connectivity index (χ2v) is 1.54. The maximum absolute atomic E-state index is 9.94. The van der Waals surface area contributed by atoms with Gasteiger partial charge in [-0.15, -0.1) is 0 Å². The van der Waals surface area contributed by atoms with Crippen molar-refractivity contribution in [3.05, 3.63) is 0 Å². The minimum atomic E-state index is -1.36. The molecule has 5 nitrogen and oxygen atoms in total. The van der Waals surface area contributed by atoms with E-state index in [1.165, 1.54) is 0 Å². The molecule has 0 radical (unpaired) electrons. The molecule has 0 aliphatic carbocycles. The molecule has 0 atom stereocenters. The second-order valence-electron chi connectivity index (χ2n) is 1.22. The molecule has 0 bridgehead atoms. The van der Waals surface area contributed by atoms with E-state index in [0.29, 0.717) is 6.61 Å². The van der Waals surface area contributed by atoms with Gasteiger partial charge in [0.2, 0.25) is 0 Å². The Morgan fingerprint density at radius 2 is 1.91 bits per heavy atom. The van der Waals surface area contributed by atoms with Gasteiger partial charge in [0.05, 0.1) is 6.61 Å². The highest BCUT2D eigenvalue weighted by atomic mass is 35.5. The van der Waals surface area contributed by atoms with E-state index in [0.717, 1.165) is 0 Å². The van der Waals surface area contributed by atoms with Gasteiger partial charge in [-0.25, -0.2) is 9.59 Å². The summed E-state index contributed by atoms with van der Waals surface area (Å²) in [5.74, 6) is -0.567. The van der Waals surface area contributed by atoms with E-state index < -0.39 is 18.0 Å². The third kappa shape index (κ3) is 27.1. The number of hydrogen-bond acceptors (Lipinski definition) is 4. The van der Waals surface area contributed by atoms with Crippen LogP contribution in [0.4, 0.5) is 4.79 Å². The summed E-state index contributed by atoms with van der Waals surface area (Å²) in [7, 11) is 0. The number of aliphatic hydroxyl groups excluding tert-OH is 1. The van der Waals surface area contributed by atoms with Crippen LogP contribution in [0.1, 0.15) is 6.92 Å². The Balaban J connectivity index is 0. The standard InChI is InChI=1S/C4H8O3.CHClO2/c1-2-7-4(6)3-5;2-1(3)4/h5H,2-3H2,1H3;(H,3,4). The van der Waals surface area contributed by atoms with Crippen LogP contribution in [0, 0.1) is 0 Å². The predicted molar refractivity (Wildman–Crippen MR) is 37.6 cm³/mol. The zero-order chi connectivity index (χ0) is 9.28. The van der Waals surface area contributed by atoms with Gasteiger partial charge in [-0.05, 0) is 6.92 Å². The van der Waals surface area contributed by atoms with Gasteiger partial charge in [-0.2, -0.15) is 0 Å². The molecule has 6 heteroatoms. The molecule has 0 spiro atoms. The van der Waals surface area contributed by atoms with Crippen LogP contribution in [0.15, 0.2) is 0 Å². The number of halogens is 1. The smallest absolute Gasteiger partial charge is 0.401 e. The number of carboxylic acid groups (broad SMARTS) is 1. The summed E-state index contributed by atoms with van der Waals surface area (Å²) in [6, 6.07) is 0. The van der Waals surface area contributed by atoms with E-state index in [-0.39, 0.29) is 0 Å². The van der Waals surface area contributed by atoms with Crippen LogP contribution in [0.2, 0.25) is 0 Å². The largest absolute Gasteiger partial charge is 0.469 e. The molecule has 66 valence electrons. The number of ether oxygens (including phenoxy) is 1. The Bertz CT molecular complexity index is 120. The molecule has 2 N–H and O–H groups in total. The van der Waals surface area contributed by atoms with E-state index in [9.17, 15) is 4.79 Å². The molecule has 0 saturated heterocycles. The number of hydrogen-bond donors (Lipinski definition) is 2. The third-order valence-electron chi connectivity index (χ3n) is 0.434. The van der Waals surface area contributed by atoms with Gasteiger partial charge in [0.15, 0.2) is 0 Å². The number of carbonyl (C=O) groups excluding carboxylic acids is 1. The summed E-state index contributed by atoms with van der Waals surface area (Å²) in [6.07, 6.45) is 0. The van der Waals surface area contributed by atoms with Gasteiger partial charge in [0, 0.05) is 11.6 Å². The molecule has 0 aliphatic heterocycles. The van der Waals surface area contributed by atoms with Crippen LogP contribution < -0.4 is 0 Å². The third-order valence-corrected chi connectivity index (χ3v) is 0.434. The number of rotatable bonds is 2. The molecule has 0 fully saturated rings. The van der Waals surface area contributed by atoms with Gasteiger partial charge < -0.3 is 14.9 Å². The summed E-state index contributed by atoms with van der Waals surface area (Å²) in [5, 5.41) is 15.2. The average molecular weight is 185 g/mol. The second kappa shape index (κ2) is 9.19. The minimum absolute atomic E-state index is 0.333. The zero-order valence-electron chi connectivity index (χ0n) is 5.91. The monoisotopic (exact) mass is 184 g/mol. The summed E-state index contributed by atoms with van der Waals surface area (Å²) in [4.78, 5) is 18.7. The van der Waals surface area contributed by atoms with Crippen molar-refractivity contribution < 1.29 is 24.5 Å². The Kier molecular flexibility index (Phi) is 10.7. The van der Waals surface area contributed by atoms with Crippen molar-refractivity contribution in [1.29, 1.82) is 0 Å². The highest BCUT2D eigenvalue weighted by Gasteiger charge is 1.92. The maximum atomic E-state index is 9.94. The van der Waals surface area contributed by atoms with Gasteiger partial charge in [-0.1, -0.05) is 0 Å². The van der Waals surface area contributed by atoms with E-state index in [4.69, 9.17) is 15.0 Å². The molecule has 0 rings (SSSR count). The fourth-order valence-electron chi connectivity index (χ4n) is 0.207. The molecular formula is C5H9ClO5. The number of aliphatic hydroxyl groups is 1. The topological polar surface area (TPSA) is 83.8 Å². The Morgan fingerprint density at radius 1 is 1.55 bits per heavy atom. The maximum Gasteiger partial charge on any atom is 0.401 e. The summed E-state index contributed by atoms with van der Waals surface area (Å²) < 4.78 is 4.30. The normalized spacial score (nSPS) is 7.55. The molecule has 0 saturated carbocycles. The highest BCUT2D eigenvalue weighted by Crippen LogP contribution is 1.71. The lowest BCUT2D eigenvalue weighted by Gasteiger charge is -1.93. The Labute approximate surface area is 68.5 Å². The first-order valence-corrected chi connectivity index (χ1v) is 3.07. The molecule has 0 aromatic rings. The molecular weight excluding hydrogens is 176 g/mol. The summed E-state index contributed by atoms with van der Waals surface area (Å²) >= 11 is 4.19. The van der Waals surface area contributed by atoms with Crippen LogP contribution in [-0.4, -0.2) is 34.8 Å². The van der Waals surface area contributed by atoms with Crippen LogP contribution in [0.5, 0.6) is 0 Å². The first-order valence-electron chi connectivity index (χ1n) is 2.69. The average Bonchev–Trinajstić information content (AvgIpc) is 1.87. The Hall–Kier alpha value is -0.810. The van der Waals surface area contributed by atoms with Gasteiger partial charge in [0.25, 0.3) is 0 Å². The summed E-state index contributed by atoms with van der Waals surface area (Å²) in [6.45, 7) is 1.50. The van der Waals surface area contributed by atoms with E-state index in [1.807, 2.05) is 0 Å². The first kappa shape index (κ1) is 12.8. The Morgan fingerprint density at radius 3 is 2.00 bits per heavy atom. The van der Waals surface area contributed by atoms with E-state index >= 15 is 0 Å². The number of carbonyl (C=O) groups is 2. The van der Waals surface area contributed by atoms with Crippen LogP contribution in [0.25, 0.3) is 0 Å². The lowest BCUT2D eigenvalue weighted by molar-refractivity contribution is -0.146. The minimum Gasteiger partial charge on any atom is -0.469 e. The van der Waals surface area contributed by atoms with Crippen molar-refractivity contribution >= 4 is 23.0 Å². The van der Waals surface area contributed by atoms with Crippen molar-refractivity contribution in [2.75, 3.05) is 13.2 Å². The molecule has 11 heavy (non-hydrogen) atoms. The molecule has 0 amide bonds. The van der Waals surface area contributed by atoms with Crippen molar-refractivity contribution in [3.63, 3.8) is 0 Å². The van der Waals surface area contributed by atoms with Crippen molar-refractivity contribution in [2.45, 2.75) is 6.92 Å². The van der Waals surface area contributed by atoms with Crippen LogP contribution in [0.3, 0.4) is 0 Å². The molecule has 0 aromatic heterocycles. The lowest BCUT2D eigenvalue weighted by Crippen LogP contribution is -2.07. The van der Waals surface area contributed by atoms with Crippen molar-refractivity contribution in [2.24, 2.45) is 0 Å². The van der Waals surface area contributed by atoms with Gasteiger partial charge >= 0.3 is 11.4 Å². The summed E-state index contributed by atoms with van der Waals surface area (Å²) in [5.41, 5.74) is -1.36. The van der Waals surface area contributed by atoms with Gasteiger partial charge in [0.1, 0.15) is 6.61 Å². The highest BCUT2D eigenvalue weighted by molar-refractivity contribution is 6.60. The van der Waals surface area contributed by atoms with Crippen molar-refractivity contribution in [1.82, 2.24) is 0 Å². The lowest BCUT2D eigenvalue weighted by atomic mass is 10.7. The fourth-order valence-corrected chi connectivity index (χ4v) is 0.207. The molecule has 0 heterocycles. The fraction of sp³-hybridized carbons (Fsp3) is 0.600. The van der Waals surface area contributed by atoms with Crippen LogP contribution >= 0.6 is 11.6 Å². The molecule has 0 aliphatic rings. The van der Waals surface area contributed by atoms with E-state index in [1.54, 1.807) is 6.92 Å². The molecule has 0 aromatic carbocycles. The quantitative estimate of drug-likeness (QED) is 0.481. The van der Waals surface area contributed by atoms with Crippen LogP contribution in [-0.2, 0) is 9.53 Å².